The summed E-state index contributed by atoms with van der Waals surface area (Å²) in [5, 5.41) is 4.90. The molecule has 1 saturated heterocycles. The standard InChI is InChI=1S/C16H20N2O3S2/c1-11-8-15(12(2)18(11)9-14-4-3-6-22-14)16(19)17-13-5-7-23(20,21)10-13/h3-4,6,8,13H,5,7,9-10H2,1-2H3,(H,17,19)/t13-/m1/s1. The van der Waals surface area contributed by atoms with Crippen molar-refractivity contribution in [1.29, 1.82) is 0 Å². The van der Waals surface area contributed by atoms with Gasteiger partial charge in [-0.1, -0.05) is 6.07 Å². The molecule has 1 aliphatic heterocycles. The molecule has 1 atom stereocenters. The molecule has 5 nitrogen and oxygen atoms in total. The molecule has 2 aromatic heterocycles. The summed E-state index contributed by atoms with van der Waals surface area (Å²) in [5.41, 5.74) is 2.57. The van der Waals surface area contributed by atoms with Crippen LogP contribution in [0.2, 0.25) is 0 Å². The number of thiophene rings is 1. The van der Waals surface area contributed by atoms with Crippen LogP contribution >= 0.6 is 11.3 Å². The van der Waals surface area contributed by atoms with Gasteiger partial charge in [0.2, 0.25) is 0 Å². The van der Waals surface area contributed by atoms with Crippen LogP contribution in [0.4, 0.5) is 0 Å². The summed E-state index contributed by atoms with van der Waals surface area (Å²) in [7, 11) is -2.99. The molecule has 0 unspecified atom stereocenters. The summed E-state index contributed by atoms with van der Waals surface area (Å²) >= 11 is 1.69. The highest BCUT2D eigenvalue weighted by Crippen LogP contribution is 2.20. The Balaban J connectivity index is 1.76. The second-order valence-corrected chi connectivity index (χ2v) is 9.28. The smallest absolute Gasteiger partial charge is 0.253 e. The molecule has 124 valence electrons. The minimum absolute atomic E-state index is 0.0483. The number of carbonyl (C=O) groups excluding carboxylic acids is 1. The van der Waals surface area contributed by atoms with Crippen LogP contribution in [-0.4, -0.2) is 36.4 Å². The third-order valence-corrected chi connectivity index (χ3v) is 6.91. The van der Waals surface area contributed by atoms with Crippen molar-refractivity contribution in [3.63, 3.8) is 0 Å². The Bertz CT molecular complexity index is 820. The molecule has 1 amide bonds. The quantitative estimate of drug-likeness (QED) is 0.916. The zero-order valence-corrected chi connectivity index (χ0v) is 14.8. The maximum atomic E-state index is 12.5. The fraction of sp³-hybridized carbons (Fsp3) is 0.438. The summed E-state index contributed by atoms with van der Waals surface area (Å²) in [6, 6.07) is 5.70. The molecule has 1 fully saturated rings. The van der Waals surface area contributed by atoms with Gasteiger partial charge in [-0.15, -0.1) is 11.3 Å². The Morgan fingerprint density at radius 3 is 2.83 bits per heavy atom. The van der Waals surface area contributed by atoms with Crippen molar-refractivity contribution in [3.8, 4) is 0 Å². The topological polar surface area (TPSA) is 68.2 Å². The van der Waals surface area contributed by atoms with Gasteiger partial charge in [-0.3, -0.25) is 4.79 Å². The van der Waals surface area contributed by atoms with Crippen LogP contribution in [0.25, 0.3) is 0 Å². The first-order valence-corrected chi connectivity index (χ1v) is 10.3. The lowest BCUT2D eigenvalue weighted by atomic mass is 10.2. The fourth-order valence-electron chi connectivity index (χ4n) is 3.00. The molecule has 0 spiro atoms. The maximum Gasteiger partial charge on any atom is 0.253 e. The van der Waals surface area contributed by atoms with Crippen molar-refractivity contribution in [1.82, 2.24) is 9.88 Å². The molecular weight excluding hydrogens is 332 g/mol. The Morgan fingerprint density at radius 2 is 2.22 bits per heavy atom. The molecular formula is C16H20N2O3S2. The van der Waals surface area contributed by atoms with E-state index in [1.165, 1.54) is 4.88 Å². The van der Waals surface area contributed by atoms with Crippen molar-refractivity contribution >= 4 is 27.1 Å². The lowest BCUT2D eigenvalue weighted by Gasteiger charge is -2.11. The van der Waals surface area contributed by atoms with Crippen LogP contribution in [0.15, 0.2) is 23.6 Å². The van der Waals surface area contributed by atoms with E-state index >= 15 is 0 Å². The number of hydrogen-bond acceptors (Lipinski definition) is 4. The van der Waals surface area contributed by atoms with Crippen molar-refractivity contribution in [3.05, 3.63) is 45.4 Å². The first-order valence-electron chi connectivity index (χ1n) is 7.56. The highest BCUT2D eigenvalue weighted by molar-refractivity contribution is 7.91. The first-order chi connectivity index (χ1) is 10.9. The second-order valence-electron chi connectivity index (χ2n) is 6.02. The monoisotopic (exact) mass is 352 g/mol. The molecule has 0 bridgehead atoms. The molecule has 0 radical (unpaired) electrons. The van der Waals surface area contributed by atoms with Crippen molar-refractivity contribution in [2.45, 2.75) is 32.9 Å². The van der Waals surface area contributed by atoms with E-state index in [0.29, 0.717) is 12.0 Å². The van der Waals surface area contributed by atoms with Gasteiger partial charge in [-0.2, -0.15) is 0 Å². The average Bonchev–Trinajstić information content (AvgIpc) is 3.16. The summed E-state index contributed by atoms with van der Waals surface area (Å²) in [6.45, 7) is 4.67. The van der Waals surface area contributed by atoms with Gasteiger partial charge in [0.15, 0.2) is 9.84 Å². The predicted octanol–water partition coefficient (Wildman–Crippen LogP) is 2.13. The number of aromatic nitrogens is 1. The van der Waals surface area contributed by atoms with Crippen molar-refractivity contribution < 1.29 is 13.2 Å². The zero-order valence-electron chi connectivity index (χ0n) is 13.2. The largest absolute Gasteiger partial charge is 0.348 e. The molecule has 3 rings (SSSR count). The number of nitrogens with one attached hydrogen (secondary N) is 1. The van der Waals surface area contributed by atoms with Gasteiger partial charge in [0.1, 0.15) is 0 Å². The number of rotatable bonds is 4. The Morgan fingerprint density at radius 1 is 1.43 bits per heavy atom. The van der Waals surface area contributed by atoms with E-state index in [4.69, 9.17) is 0 Å². The van der Waals surface area contributed by atoms with Crippen LogP contribution in [0.3, 0.4) is 0 Å². The number of sulfone groups is 1. The van der Waals surface area contributed by atoms with Crippen LogP contribution in [0.5, 0.6) is 0 Å². The maximum absolute atomic E-state index is 12.5. The lowest BCUT2D eigenvalue weighted by Crippen LogP contribution is -2.35. The van der Waals surface area contributed by atoms with E-state index < -0.39 is 9.84 Å². The number of amides is 1. The molecule has 2 aromatic rings. The molecule has 1 N–H and O–H groups in total. The fourth-order valence-corrected chi connectivity index (χ4v) is 5.37. The van der Waals surface area contributed by atoms with Crippen LogP contribution < -0.4 is 5.32 Å². The van der Waals surface area contributed by atoms with Crippen LogP contribution in [0.1, 0.15) is 33.0 Å². The first kappa shape index (κ1) is 16.3. The number of hydrogen-bond donors (Lipinski definition) is 1. The molecule has 7 heteroatoms. The van der Waals surface area contributed by atoms with Gasteiger partial charge in [0, 0.05) is 22.3 Å². The Labute approximate surface area is 140 Å². The molecule has 23 heavy (non-hydrogen) atoms. The average molecular weight is 352 g/mol. The minimum atomic E-state index is -2.99. The molecule has 3 heterocycles. The third kappa shape index (κ3) is 3.50. The number of carbonyl (C=O) groups is 1. The minimum Gasteiger partial charge on any atom is -0.348 e. The molecule has 1 aliphatic rings. The SMILES string of the molecule is Cc1cc(C(=O)N[C@@H]2CCS(=O)(=O)C2)c(C)n1Cc1cccs1. The summed E-state index contributed by atoms with van der Waals surface area (Å²) in [6.07, 6.45) is 0.502. The Hall–Kier alpha value is -1.60. The number of aryl methyl sites for hydroxylation is 1. The van der Waals surface area contributed by atoms with Gasteiger partial charge >= 0.3 is 0 Å². The van der Waals surface area contributed by atoms with Gasteiger partial charge in [-0.25, -0.2) is 8.42 Å². The van der Waals surface area contributed by atoms with E-state index in [1.54, 1.807) is 11.3 Å². The van der Waals surface area contributed by atoms with Crippen LogP contribution in [-0.2, 0) is 16.4 Å². The molecule has 0 aromatic carbocycles. The third-order valence-electron chi connectivity index (χ3n) is 4.28. The van der Waals surface area contributed by atoms with Crippen molar-refractivity contribution in [2.75, 3.05) is 11.5 Å². The predicted molar refractivity (Wildman–Crippen MR) is 91.9 cm³/mol. The highest BCUT2D eigenvalue weighted by Gasteiger charge is 2.29. The molecule has 0 aliphatic carbocycles. The van der Waals surface area contributed by atoms with E-state index in [9.17, 15) is 13.2 Å². The molecule has 0 saturated carbocycles. The van der Waals surface area contributed by atoms with Gasteiger partial charge in [0.25, 0.3) is 5.91 Å². The van der Waals surface area contributed by atoms with E-state index in [-0.39, 0.29) is 23.5 Å². The second kappa shape index (κ2) is 6.13. The van der Waals surface area contributed by atoms with Gasteiger partial charge < -0.3 is 9.88 Å². The normalized spacial score (nSPS) is 19.8. The Kier molecular flexibility index (Phi) is 4.33. The lowest BCUT2D eigenvalue weighted by molar-refractivity contribution is 0.0940. The highest BCUT2D eigenvalue weighted by atomic mass is 32.2. The zero-order chi connectivity index (χ0) is 16.6. The van der Waals surface area contributed by atoms with E-state index in [0.717, 1.165) is 17.9 Å². The van der Waals surface area contributed by atoms with E-state index in [1.807, 2.05) is 31.4 Å². The van der Waals surface area contributed by atoms with Gasteiger partial charge in [-0.05, 0) is 37.8 Å². The van der Waals surface area contributed by atoms with Crippen LogP contribution in [0, 0.1) is 13.8 Å². The van der Waals surface area contributed by atoms with Crippen molar-refractivity contribution in [2.24, 2.45) is 0 Å². The summed E-state index contributed by atoms with van der Waals surface area (Å²) in [5.74, 6) is 0.0276. The number of nitrogens with zero attached hydrogens (tertiary/aromatic N) is 1. The van der Waals surface area contributed by atoms with Gasteiger partial charge in [0.05, 0.1) is 23.6 Å². The summed E-state index contributed by atoms with van der Waals surface area (Å²) < 4.78 is 25.1. The van der Waals surface area contributed by atoms with E-state index in [2.05, 4.69) is 16.0 Å². The summed E-state index contributed by atoms with van der Waals surface area (Å²) in [4.78, 5) is 13.7.